The van der Waals surface area contributed by atoms with Gasteiger partial charge in [0, 0.05) is 30.7 Å². The summed E-state index contributed by atoms with van der Waals surface area (Å²) in [5, 5.41) is 16.6. The third kappa shape index (κ3) is 3.42. The fourth-order valence-electron chi connectivity index (χ4n) is 1.58. The molecule has 0 atom stereocenters. The monoisotopic (exact) mass is 243 g/mol. The number of hydrogen-bond donors (Lipinski definition) is 2. The number of nitrogens with one attached hydrogen (secondary N) is 1. The van der Waals surface area contributed by atoms with Crippen LogP contribution in [0.15, 0.2) is 0 Å². The molecule has 0 aliphatic heterocycles. The average molecular weight is 243 g/mol. The molecule has 16 heavy (non-hydrogen) atoms. The van der Waals surface area contributed by atoms with Crippen molar-refractivity contribution in [2.45, 2.75) is 26.0 Å². The van der Waals surface area contributed by atoms with Crippen LogP contribution in [0.2, 0.25) is 0 Å². The number of hydrogen-bond acceptors (Lipinski definition) is 4. The van der Waals surface area contributed by atoms with Crippen LogP contribution in [-0.4, -0.2) is 33.8 Å². The third-order valence-corrected chi connectivity index (χ3v) is 3.33. The Balaban J connectivity index is 2.71. The molecule has 0 aliphatic rings. The molecule has 5 heteroatoms. The van der Waals surface area contributed by atoms with Crippen molar-refractivity contribution in [1.29, 1.82) is 0 Å². The molecule has 1 aromatic heterocycles. The van der Waals surface area contributed by atoms with E-state index >= 15 is 0 Å². The predicted octanol–water partition coefficient (Wildman–Crippen LogP) is 1.78. The molecule has 92 valence electrons. The highest BCUT2D eigenvalue weighted by atomic mass is 32.2. The van der Waals surface area contributed by atoms with Crippen molar-refractivity contribution in [2.24, 2.45) is 7.05 Å². The molecular formula is C11H21N3OS. The van der Waals surface area contributed by atoms with Crippen molar-refractivity contribution in [3.8, 4) is 0 Å². The van der Waals surface area contributed by atoms with Crippen LogP contribution in [0.4, 0.5) is 5.82 Å². The van der Waals surface area contributed by atoms with E-state index in [1.807, 2.05) is 18.7 Å². The molecule has 0 amide bonds. The van der Waals surface area contributed by atoms with Crippen LogP contribution in [0.3, 0.4) is 0 Å². The van der Waals surface area contributed by atoms with Gasteiger partial charge in [-0.25, -0.2) is 0 Å². The predicted molar refractivity (Wildman–Crippen MR) is 70.0 cm³/mol. The Kier molecular flexibility index (Phi) is 5.69. The van der Waals surface area contributed by atoms with E-state index in [2.05, 4.69) is 17.3 Å². The van der Waals surface area contributed by atoms with Gasteiger partial charge < -0.3 is 10.4 Å². The molecule has 0 aliphatic carbocycles. The highest BCUT2D eigenvalue weighted by Gasteiger charge is 2.12. The normalized spacial score (nSPS) is 10.8. The van der Waals surface area contributed by atoms with Crippen molar-refractivity contribution >= 4 is 17.6 Å². The van der Waals surface area contributed by atoms with Gasteiger partial charge in [0.1, 0.15) is 5.82 Å². The number of aliphatic hydroxyl groups is 1. The number of aliphatic hydroxyl groups excluding tert-OH is 1. The van der Waals surface area contributed by atoms with Crippen molar-refractivity contribution in [1.82, 2.24) is 9.78 Å². The van der Waals surface area contributed by atoms with E-state index < -0.39 is 0 Å². The molecule has 0 fully saturated rings. The fraction of sp³-hybridized carbons (Fsp3) is 0.727. The molecule has 0 aromatic carbocycles. The Labute approximate surface area is 101 Å². The Hall–Kier alpha value is -0.680. The SMILES string of the molecule is CCCNc1c(CSCCO)c(C)nn1C. The van der Waals surface area contributed by atoms with E-state index in [0.29, 0.717) is 0 Å². The van der Waals surface area contributed by atoms with Crippen LogP contribution in [0.5, 0.6) is 0 Å². The minimum atomic E-state index is 0.238. The van der Waals surface area contributed by atoms with Gasteiger partial charge in [-0.2, -0.15) is 16.9 Å². The molecule has 0 unspecified atom stereocenters. The van der Waals surface area contributed by atoms with E-state index in [4.69, 9.17) is 5.11 Å². The maximum absolute atomic E-state index is 8.77. The zero-order chi connectivity index (χ0) is 12.0. The standard InChI is InChI=1S/C11H21N3OS/c1-4-5-12-11-10(8-16-7-6-15)9(2)13-14(11)3/h12,15H,4-8H2,1-3H3. The molecule has 2 N–H and O–H groups in total. The highest BCUT2D eigenvalue weighted by Crippen LogP contribution is 2.23. The Morgan fingerprint density at radius 3 is 2.88 bits per heavy atom. The lowest BCUT2D eigenvalue weighted by molar-refractivity contribution is 0.322. The highest BCUT2D eigenvalue weighted by molar-refractivity contribution is 7.98. The van der Waals surface area contributed by atoms with Crippen molar-refractivity contribution in [3.63, 3.8) is 0 Å². The van der Waals surface area contributed by atoms with Crippen LogP contribution < -0.4 is 5.32 Å². The lowest BCUT2D eigenvalue weighted by atomic mass is 10.2. The summed E-state index contributed by atoms with van der Waals surface area (Å²) in [4.78, 5) is 0. The van der Waals surface area contributed by atoms with Gasteiger partial charge in [0.2, 0.25) is 0 Å². The Bertz CT molecular complexity index is 325. The van der Waals surface area contributed by atoms with E-state index in [9.17, 15) is 0 Å². The van der Waals surface area contributed by atoms with E-state index in [1.54, 1.807) is 11.8 Å². The summed E-state index contributed by atoms with van der Waals surface area (Å²) in [5.74, 6) is 2.80. The molecule has 0 radical (unpaired) electrons. The van der Waals surface area contributed by atoms with Gasteiger partial charge in [0.15, 0.2) is 0 Å². The quantitative estimate of drug-likeness (QED) is 0.717. The number of aromatic nitrogens is 2. The smallest absolute Gasteiger partial charge is 0.128 e. The van der Waals surface area contributed by atoms with Crippen LogP contribution in [0, 0.1) is 6.92 Å². The first kappa shape index (κ1) is 13.4. The minimum absolute atomic E-state index is 0.238. The largest absolute Gasteiger partial charge is 0.396 e. The molecule has 0 saturated carbocycles. The number of aryl methyl sites for hydroxylation is 2. The van der Waals surface area contributed by atoms with Gasteiger partial charge in [-0.15, -0.1) is 0 Å². The zero-order valence-corrected chi connectivity index (χ0v) is 11.1. The number of rotatable bonds is 7. The van der Waals surface area contributed by atoms with Gasteiger partial charge in [0.25, 0.3) is 0 Å². The molecule has 0 spiro atoms. The van der Waals surface area contributed by atoms with Crippen LogP contribution in [-0.2, 0) is 12.8 Å². The third-order valence-electron chi connectivity index (χ3n) is 2.37. The summed E-state index contributed by atoms with van der Waals surface area (Å²) in [6.45, 7) is 5.39. The van der Waals surface area contributed by atoms with E-state index in [0.717, 1.165) is 36.0 Å². The topological polar surface area (TPSA) is 50.1 Å². The number of thioether (sulfide) groups is 1. The van der Waals surface area contributed by atoms with Crippen LogP contribution in [0.1, 0.15) is 24.6 Å². The summed E-state index contributed by atoms with van der Waals surface area (Å²) in [6, 6.07) is 0. The Morgan fingerprint density at radius 2 is 2.25 bits per heavy atom. The summed E-state index contributed by atoms with van der Waals surface area (Å²) in [5.41, 5.74) is 2.33. The zero-order valence-electron chi connectivity index (χ0n) is 10.3. The number of anilines is 1. The maximum atomic E-state index is 8.77. The lowest BCUT2D eigenvalue weighted by Gasteiger charge is -2.08. The van der Waals surface area contributed by atoms with Gasteiger partial charge in [-0.1, -0.05) is 6.92 Å². The van der Waals surface area contributed by atoms with E-state index in [-0.39, 0.29) is 6.61 Å². The first-order valence-corrected chi connectivity index (χ1v) is 6.81. The molecule has 1 aromatic rings. The molecule has 4 nitrogen and oxygen atoms in total. The fourth-order valence-corrected chi connectivity index (χ4v) is 2.40. The minimum Gasteiger partial charge on any atom is -0.396 e. The van der Waals surface area contributed by atoms with Gasteiger partial charge in [-0.05, 0) is 13.3 Å². The summed E-state index contributed by atoms with van der Waals surface area (Å²) in [7, 11) is 1.96. The lowest BCUT2D eigenvalue weighted by Crippen LogP contribution is -2.07. The summed E-state index contributed by atoms with van der Waals surface area (Å²) >= 11 is 1.74. The van der Waals surface area contributed by atoms with Crippen LogP contribution in [0.25, 0.3) is 0 Å². The molecule has 1 rings (SSSR count). The van der Waals surface area contributed by atoms with Gasteiger partial charge >= 0.3 is 0 Å². The molecule has 0 bridgehead atoms. The van der Waals surface area contributed by atoms with Crippen molar-refractivity contribution in [2.75, 3.05) is 24.2 Å². The van der Waals surface area contributed by atoms with Gasteiger partial charge in [0.05, 0.1) is 12.3 Å². The second-order valence-electron chi connectivity index (χ2n) is 3.74. The second-order valence-corrected chi connectivity index (χ2v) is 4.84. The summed E-state index contributed by atoms with van der Waals surface area (Å²) in [6.07, 6.45) is 1.10. The first-order valence-electron chi connectivity index (χ1n) is 5.65. The first-order chi connectivity index (χ1) is 7.70. The van der Waals surface area contributed by atoms with Gasteiger partial charge in [-0.3, -0.25) is 4.68 Å². The molecule has 1 heterocycles. The Morgan fingerprint density at radius 1 is 1.50 bits per heavy atom. The molecular weight excluding hydrogens is 222 g/mol. The van der Waals surface area contributed by atoms with Crippen molar-refractivity contribution in [3.05, 3.63) is 11.3 Å². The molecule has 0 saturated heterocycles. The van der Waals surface area contributed by atoms with Crippen molar-refractivity contribution < 1.29 is 5.11 Å². The van der Waals surface area contributed by atoms with E-state index in [1.165, 1.54) is 5.56 Å². The average Bonchev–Trinajstić information content (AvgIpc) is 2.52. The number of nitrogens with zero attached hydrogens (tertiary/aromatic N) is 2. The summed E-state index contributed by atoms with van der Waals surface area (Å²) < 4.78 is 1.90. The van der Waals surface area contributed by atoms with Crippen LogP contribution >= 0.6 is 11.8 Å². The second kappa shape index (κ2) is 6.81. The maximum Gasteiger partial charge on any atom is 0.128 e.